The van der Waals surface area contributed by atoms with Crippen LogP contribution in [-0.4, -0.2) is 42.8 Å². The molecule has 0 radical (unpaired) electrons. The summed E-state index contributed by atoms with van der Waals surface area (Å²) in [5.41, 5.74) is 6.61. The van der Waals surface area contributed by atoms with Crippen molar-refractivity contribution in [3.05, 3.63) is 59.1 Å². The van der Waals surface area contributed by atoms with Crippen molar-refractivity contribution in [3.8, 4) is 5.75 Å². The molecule has 35 heavy (non-hydrogen) atoms. The highest BCUT2D eigenvalue weighted by Crippen LogP contribution is 2.47. The summed E-state index contributed by atoms with van der Waals surface area (Å²) >= 11 is 0. The van der Waals surface area contributed by atoms with Gasteiger partial charge in [0, 0.05) is 24.9 Å². The average Bonchev–Trinajstić information content (AvgIpc) is 3.21. The second kappa shape index (κ2) is 7.27. The number of alkyl halides is 3. The standard InChI is InChI=1S/C23H18F4N6O2/c1-10-29-9-18-21(28)31-15-8-30-14(7-17(15)33(10)18)22(34)32-5-4-11-6-16(32)12-2-3-13(23(25,26)27)19(24)20(12)35-11/h2-3,7-9,11,16H,4-6H2,1H3,(H2,28,31)/t11-,16+/m0/s1. The Morgan fingerprint density at radius 3 is 2.77 bits per heavy atom. The number of rotatable bonds is 1. The number of nitrogen functional groups attached to an aromatic ring is 1. The molecule has 0 unspecified atom stereocenters. The highest BCUT2D eigenvalue weighted by atomic mass is 19.4. The van der Waals surface area contributed by atoms with Gasteiger partial charge in [-0.15, -0.1) is 0 Å². The number of likely N-dealkylation sites (tertiary alicyclic amines) is 1. The normalized spacial score (nSPS) is 19.6. The minimum atomic E-state index is -4.85. The summed E-state index contributed by atoms with van der Waals surface area (Å²) in [6, 6.07) is 2.83. The van der Waals surface area contributed by atoms with Crippen LogP contribution in [0.2, 0.25) is 0 Å². The van der Waals surface area contributed by atoms with E-state index in [0.717, 1.165) is 0 Å². The number of benzene rings is 1. The minimum absolute atomic E-state index is 0.123. The quantitative estimate of drug-likeness (QED) is 0.408. The first-order chi connectivity index (χ1) is 16.6. The zero-order chi connectivity index (χ0) is 24.6. The maximum absolute atomic E-state index is 14.8. The highest BCUT2D eigenvalue weighted by Gasteiger charge is 2.43. The van der Waals surface area contributed by atoms with E-state index in [1.807, 2.05) is 0 Å². The third kappa shape index (κ3) is 3.19. The van der Waals surface area contributed by atoms with Crippen LogP contribution in [0.15, 0.2) is 30.6 Å². The van der Waals surface area contributed by atoms with Gasteiger partial charge in [0.25, 0.3) is 5.91 Å². The molecule has 2 atom stereocenters. The van der Waals surface area contributed by atoms with Gasteiger partial charge in [-0.3, -0.25) is 9.20 Å². The summed E-state index contributed by atoms with van der Waals surface area (Å²) in [6.07, 6.45) is -1.61. The number of ether oxygens (including phenoxy) is 1. The fraction of sp³-hybridized carbons (Fsp3) is 0.304. The van der Waals surface area contributed by atoms with E-state index in [1.165, 1.54) is 17.2 Å². The zero-order valence-electron chi connectivity index (χ0n) is 18.3. The fourth-order valence-corrected chi connectivity index (χ4v) is 5.00. The number of pyridine rings is 1. The smallest absolute Gasteiger partial charge is 0.419 e. The van der Waals surface area contributed by atoms with Gasteiger partial charge in [-0.1, -0.05) is 6.07 Å². The maximum Gasteiger partial charge on any atom is 0.419 e. The van der Waals surface area contributed by atoms with Crippen LogP contribution in [0.25, 0.3) is 16.6 Å². The van der Waals surface area contributed by atoms with Crippen molar-refractivity contribution >= 4 is 28.3 Å². The number of aromatic nitrogens is 4. The Hall–Kier alpha value is -3.96. The molecule has 2 aliphatic heterocycles. The van der Waals surface area contributed by atoms with Crippen molar-refractivity contribution in [2.24, 2.45) is 0 Å². The lowest BCUT2D eigenvalue weighted by molar-refractivity contribution is -0.140. The van der Waals surface area contributed by atoms with Crippen molar-refractivity contribution in [3.63, 3.8) is 0 Å². The van der Waals surface area contributed by atoms with Gasteiger partial charge in [0.15, 0.2) is 11.6 Å². The number of carbonyl (C=O) groups is 1. The first-order valence-electron chi connectivity index (χ1n) is 10.9. The highest BCUT2D eigenvalue weighted by molar-refractivity contribution is 5.96. The molecular weight excluding hydrogens is 468 g/mol. The van der Waals surface area contributed by atoms with Crippen molar-refractivity contribution < 1.29 is 27.1 Å². The Kier molecular flexibility index (Phi) is 4.48. The third-order valence-corrected chi connectivity index (χ3v) is 6.66. The largest absolute Gasteiger partial charge is 0.487 e. The number of piperidine rings is 1. The topological polar surface area (TPSA) is 98.6 Å². The van der Waals surface area contributed by atoms with Crippen LogP contribution in [0.5, 0.6) is 5.75 Å². The van der Waals surface area contributed by atoms with Crippen molar-refractivity contribution in [2.45, 2.75) is 38.1 Å². The molecule has 2 bridgehead atoms. The van der Waals surface area contributed by atoms with Gasteiger partial charge in [0.05, 0.1) is 29.5 Å². The fourth-order valence-electron chi connectivity index (χ4n) is 5.00. The SMILES string of the molecule is Cc1ncc2c(N)nc3cnc(C(=O)N4CC[C@H]5C[C@@H]4c4ccc(C(F)(F)F)c(F)c4O5)cc3n12. The molecule has 0 aliphatic carbocycles. The molecule has 8 nitrogen and oxygen atoms in total. The summed E-state index contributed by atoms with van der Waals surface area (Å²) < 4.78 is 61.8. The van der Waals surface area contributed by atoms with Crippen molar-refractivity contribution in [1.82, 2.24) is 24.3 Å². The third-order valence-electron chi connectivity index (χ3n) is 6.66. The predicted octanol–water partition coefficient (Wildman–Crippen LogP) is 4.06. The number of fused-ring (bicyclic) bond motifs is 7. The Morgan fingerprint density at radius 1 is 1.20 bits per heavy atom. The number of aryl methyl sites for hydroxylation is 1. The summed E-state index contributed by atoms with van der Waals surface area (Å²) in [7, 11) is 0. The van der Waals surface area contributed by atoms with Gasteiger partial charge in [-0.25, -0.2) is 19.3 Å². The van der Waals surface area contributed by atoms with Crippen LogP contribution in [0.4, 0.5) is 23.4 Å². The molecule has 2 aliphatic rings. The van der Waals surface area contributed by atoms with E-state index in [4.69, 9.17) is 10.5 Å². The molecule has 0 saturated carbocycles. The summed E-state index contributed by atoms with van der Waals surface area (Å²) in [5, 5.41) is 0. The van der Waals surface area contributed by atoms with Crippen LogP contribution in [0.1, 0.15) is 46.3 Å². The van der Waals surface area contributed by atoms with Crippen LogP contribution in [-0.2, 0) is 6.18 Å². The number of hydrogen-bond donors (Lipinski definition) is 1. The van der Waals surface area contributed by atoms with E-state index in [1.54, 1.807) is 23.6 Å². The first-order valence-corrected chi connectivity index (χ1v) is 10.9. The Bertz CT molecular complexity index is 1530. The summed E-state index contributed by atoms with van der Waals surface area (Å²) in [6.45, 7) is 2.08. The molecule has 1 amide bonds. The van der Waals surface area contributed by atoms with Gasteiger partial charge >= 0.3 is 6.18 Å². The van der Waals surface area contributed by atoms with Crippen molar-refractivity contribution in [1.29, 1.82) is 0 Å². The van der Waals surface area contributed by atoms with Crippen LogP contribution in [0.3, 0.4) is 0 Å². The number of amides is 1. The number of hydrogen-bond acceptors (Lipinski definition) is 6. The van der Waals surface area contributed by atoms with Gasteiger partial charge in [-0.2, -0.15) is 13.2 Å². The number of anilines is 1. The predicted molar refractivity (Wildman–Crippen MR) is 116 cm³/mol. The second-order valence-corrected chi connectivity index (χ2v) is 8.70. The number of imidazole rings is 1. The van der Waals surface area contributed by atoms with Gasteiger partial charge < -0.3 is 15.4 Å². The molecular formula is C23H18F4N6O2. The molecule has 1 aromatic carbocycles. The number of nitrogens with zero attached hydrogens (tertiary/aromatic N) is 5. The van der Waals surface area contributed by atoms with E-state index >= 15 is 0 Å². The molecule has 6 rings (SSSR count). The molecule has 0 spiro atoms. The van der Waals surface area contributed by atoms with E-state index in [0.29, 0.717) is 41.3 Å². The molecule has 4 aromatic rings. The summed E-state index contributed by atoms with van der Waals surface area (Å²) in [4.78, 5) is 28.0. The Morgan fingerprint density at radius 2 is 2.00 bits per heavy atom. The van der Waals surface area contributed by atoms with E-state index in [2.05, 4.69) is 15.0 Å². The van der Waals surface area contributed by atoms with Gasteiger partial charge in [-0.05, 0) is 19.1 Å². The minimum Gasteiger partial charge on any atom is -0.487 e. The second-order valence-electron chi connectivity index (χ2n) is 8.70. The summed E-state index contributed by atoms with van der Waals surface area (Å²) in [5.74, 6) is -1.39. The molecule has 3 aromatic heterocycles. The molecule has 1 fully saturated rings. The van der Waals surface area contributed by atoms with Crippen LogP contribution < -0.4 is 10.5 Å². The lowest BCUT2D eigenvalue weighted by Gasteiger charge is -2.44. The van der Waals surface area contributed by atoms with E-state index in [-0.39, 0.29) is 23.6 Å². The number of halogens is 4. The Balaban J connectivity index is 1.43. The lowest BCUT2D eigenvalue weighted by atomic mass is 9.88. The van der Waals surface area contributed by atoms with E-state index in [9.17, 15) is 22.4 Å². The molecule has 2 N–H and O–H groups in total. The maximum atomic E-state index is 14.8. The van der Waals surface area contributed by atoms with Crippen molar-refractivity contribution in [2.75, 3.05) is 12.3 Å². The molecule has 1 saturated heterocycles. The van der Waals surface area contributed by atoms with E-state index < -0.39 is 41.4 Å². The van der Waals surface area contributed by atoms with Crippen LogP contribution >= 0.6 is 0 Å². The molecule has 12 heteroatoms. The van der Waals surface area contributed by atoms with Gasteiger partial charge in [0.1, 0.15) is 34.5 Å². The monoisotopic (exact) mass is 486 g/mol. The average molecular weight is 486 g/mol. The number of carbonyl (C=O) groups excluding carboxylic acids is 1. The molecule has 5 heterocycles. The van der Waals surface area contributed by atoms with Crippen LogP contribution in [0, 0.1) is 12.7 Å². The number of nitrogens with two attached hydrogens (primary N) is 1. The Labute approximate surface area is 195 Å². The zero-order valence-corrected chi connectivity index (χ0v) is 18.3. The lowest BCUT2D eigenvalue weighted by Crippen LogP contribution is -2.47. The molecule has 180 valence electrons. The van der Waals surface area contributed by atoms with Gasteiger partial charge in [0.2, 0.25) is 0 Å². The first kappa shape index (κ1) is 21.6.